The summed E-state index contributed by atoms with van der Waals surface area (Å²) in [6.45, 7) is 2.13. The van der Waals surface area contributed by atoms with E-state index in [0.29, 0.717) is 25.6 Å². The molecular formula is C23H31N5O. The number of aromatic nitrogens is 2. The molecular weight excluding hydrogens is 362 g/mol. The van der Waals surface area contributed by atoms with Gasteiger partial charge in [-0.25, -0.2) is 9.97 Å². The highest BCUT2D eigenvalue weighted by Crippen LogP contribution is 2.30. The maximum atomic E-state index is 12.6. The normalized spacial score (nSPS) is 20.0. The maximum absolute atomic E-state index is 12.6. The zero-order valence-electron chi connectivity index (χ0n) is 17.5. The van der Waals surface area contributed by atoms with E-state index in [2.05, 4.69) is 34.4 Å². The molecule has 1 aromatic heterocycles. The second kappa shape index (κ2) is 8.91. The molecule has 4 rings (SSSR count). The molecule has 0 radical (unpaired) electrons. The summed E-state index contributed by atoms with van der Waals surface area (Å²) in [7, 11) is 4.06. The molecule has 154 valence electrons. The van der Waals surface area contributed by atoms with E-state index in [9.17, 15) is 4.79 Å². The van der Waals surface area contributed by atoms with Crippen molar-refractivity contribution in [2.75, 3.05) is 26.0 Å². The number of carbonyl (C=O) groups is 1. The Morgan fingerprint density at radius 3 is 2.66 bits per heavy atom. The summed E-state index contributed by atoms with van der Waals surface area (Å²) in [5, 5.41) is 3.17. The fourth-order valence-corrected chi connectivity index (χ4v) is 4.55. The Morgan fingerprint density at radius 1 is 1.17 bits per heavy atom. The van der Waals surface area contributed by atoms with E-state index in [-0.39, 0.29) is 11.8 Å². The topological polar surface area (TPSA) is 61.4 Å². The Labute approximate surface area is 173 Å². The number of hydrogen-bond donors (Lipinski definition) is 1. The highest BCUT2D eigenvalue weighted by atomic mass is 16.2. The minimum absolute atomic E-state index is 0.122. The lowest BCUT2D eigenvalue weighted by Crippen LogP contribution is -2.29. The van der Waals surface area contributed by atoms with Crippen molar-refractivity contribution in [3.8, 4) is 0 Å². The van der Waals surface area contributed by atoms with Gasteiger partial charge in [0, 0.05) is 44.6 Å². The lowest BCUT2D eigenvalue weighted by Gasteiger charge is -2.23. The molecule has 6 heteroatoms. The van der Waals surface area contributed by atoms with Crippen LogP contribution in [-0.2, 0) is 17.9 Å². The third-order valence-electron chi connectivity index (χ3n) is 6.24. The minimum Gasteiger partial charge on any atom is -0.373 e. The predicted molar refractivity (Wildman–Crippen MR) is 115 cm³/mol. The summed E-state index contributed by atoms with van der Waals surface area (Å²) in [5.74, 6) is 2.00. The van der Waals surface area contributed by atoms with Crippen molar-refractivity contribution in [1.82, 2.24) is 19.8 Å². The molecule has 29 heavy (non-hydrogen) atoms. The largest absolute Gasteiger partial charge is 0.373 e. The number of hydrogen-bond acceptors (Lipinski definition) is 5. The van der Waals surface area contributed by atoms with Crippen LogP contribution in [0.2, 0.25) is 0 Å². The molecule has 1 amide bonds. The second-order valence-corrected chi connectivity index (χ2v) is 8.36. The third-order valence-corrected chi connectivity index (χ3v) is 6.24. The molecule has 2 aromatic rings. The van der Waals surface area contributed by atoms with Gasteiger partial charge in [-0.15, -0.1) is 0 Å². The van der Waals surface area contributed by atoms with Gasteiger partial charge >= 0.3 is 0 Å². The highest BCUT2D eigenvalue weighted by molar-refractivity contribution is 5.79. The van der Waals surface area contributed by atoms with E-state index in [1.165, 1.54) is 31.2 Å². The summed E-state index contributed by atoms with van der Waals surface area (Å²) in [5.41, 5.74) is 2.14. The van der Waals surface area contributed by atoms with Gasteiger partial charge in [-0.1, -0.05) is 43.2 Å². The standard InChI is InChI=1S/C23H31N5O/c1-24-21-13-20(25-22(26-21)16-27(2)19-10-6-7-11-19)18-12-23(29)28(15-18)14-17-8-4-3-5-9-17/h3-5,8-9,13,18-19H,6-7,10-12,14-16H2,1-2H3,(H,24,25,26)/t18-/m1/s1. The maximum Gasteiger partial charge on any atom is 0.223 e. The number of rotatable bonds is 7. The molecule has 6 nitrogen and oxygen atoms in total. The van der Waals surface area contributed by atoms with Gasteiger partial charge in [0.2, 0.25) is 5.91 Å². The van der Waals surface area contributed by atoms with Crippen molar-refractivity contribution in [1.29, 1.82) is 0 Å². The van der Waals surface area contributed by atoms with Crippen LogP contribution in [0.25, 0.3) is 0 Å². The molecule has 1 aromatic carbocycles. The Hall–Kier alpha value is -2.47. The second-order valence-electron chi connectivity index (χ2n) is 8.36. The summed E-state index contributed by atoms with van der Waals surface area (Å²) in [6.07, 6.45) is 5.68. The van der Waals surface area contributed by atoms with Crippen LogP contribution >= 0.6 is 0 Å². The van der Waals surface area contributed by atoms with Gasteiger partial charge in [-0.3, -0.25) is 9.69 Å². The smallest absolute Gasteiger partial charge is 0.223 e. The first-order valence-electron chi connectivity index (χ1n) is 10.7. The van der Waals surface area contributed by atoms with Crippen LogP contribution in [0.15, 0.2) is 36.4 Å². The number of nitrogens with one attached hydrogen (secondary N) is 1. The zero-order valence-corrected chi connectivity index (χ0v) is 17.5. The molecule has 1 N–H and O–H groups in total. The number of carbonyl (C=O) groups excluding carboxylic acids is 1. The van der Waals surface area contributed by atoms with Crippen LogP contribution in [0.5, 0.6) is 0 Å². The zero-order chi connectivity index (χ0) is 20.2. The van der Waals surface area contributed by atoms with Crippen LogP contribution in [-0.4, -0.2) is 52.4 Å². The molecule has 1 atom stereocenters. The van der Waals surface area contributed by atoms with Crippen LogP contribution in [0.3, 0.4) is 0 Å². The Kier molecular flexibility index (Phi) is 6.09. The van der Waals surface area contributed by atoms with E-state index in [1.807, 2.05) is 36.2 Å². The first kappa shape index (κ1) is 19.8. The van der Waals surface area contributed by atoms with Crippen molar-refractivity contribution in [2.24, 2.45) is 0 Å². The number of anilines is 1. The quantitative estimate of drug-likeness (QED) is 0.781. The summed E-state index contributed by atoms with van der Waals surface area (Å²) >= 11 is 0. The highest BCUT2D eigenvalue weighted by Gasteiger charge is 2.32. The Bertz CT molecular complexity index is 834. The monoisotopic (exact) mass is 393 g/mol. The number of nitrogens with zero attached hydrogens (tertiary/aromatic N) is 4. The predicted octanol–water partition coefficient (Wildman–Crippen LogP) is 3.41. The van der Waals surface area contributed by atoms with Gasteiger partial charge in [-0.2, -0.15) is 0 Å². The lowest BCUT2D eigenvalue weighted by molar-refractivity contribution is -0.128. The summed E-state index contributed by atoms with van der Waals surface area (Å²) in [6, 6.07) is 12.8. The van der Waals surface area contributed by atoms with Gasteiger partial charge in [0.1, 0.15) is 11.6 Å². The Balaban J connectivity index is 1.48. The van der Waals surface area contributed by atoms with E-state index >= 15 is 0 Å². The molecule has 2 fully saturated rings. The summed E-state index contributed by atoms with van der Waals surface area (Å²) < 4.78 is 0. The van der Waals surface area contributed by atoms with Crippen LogP contribution in [0.4, 0.5) is 5.82 Å². The van der Waals surface area contributed by atoms with E-state index in [1.54, 1.807) is 0 Å². The molecule has 1 aliphatic carbocycles. The average molecular weight is 394 g/mol. The van der Waals surface area contributed by atoms with E-state index in [0.717, 1.165) is 23.9 Å². The van der Waals surface area contributed by atoms with Crippen molar-refractivity contribution in [3.05, 3.63) is 53.5 Å². The SMILES string of the molecule is CNc1cc([C@@H]2CC(=O)N(Cc3ccccc3)C2)nc(CN(C)C2CCCC2)n1. The number of benzene rings is 1. The first-order valence-corrected chi connectivity index (χ1v) is 10.7. The van der Waals surface area contributed by atoms with Gasteiger partial charge < -0.3 is 10.2 Å². The average Bonchev–Trinajstić information content (AvgIpc) is 3.39. The van der Waals surface area contributed by atoms with Crippen LogP contribution in [0, 0.1) is 0 Å². The van der Waals surface area contributed by atoms with Crippen molar-refractivity contribution in [2.45, 2.75) is 57.2 Å². The van der Waals surface area contributed by atoms with Crippen molar-refractivity contribution >= 4 is 11.7 Å². The first-order chi connectivity index (χ1) is 14.1. The lowest BCUT2D eigenvalue weighted by atomic mass is 10.0. The Morgan fingerprint density at radius 2 is 1.93 bits per heavy atom. The third kappa shape index (κ3) is 4.75. The minimum atomic E-state index is 0.122. The van der Waals surface area contributed by atoms with Crippen LogP contribution < -0.4 is 5.32 Å². The van der Waals surface area contributed by atoms with Gasteiger partial charge in [0.05, 0.1) is 12.2 Å². The fraction of sp³-hybridized carbons (Fsp3) is 0.522. The molecule has 2 heterocycles. The van der Waals surface area contributed by atoms with Crippen molar-refractivity contribution < 1.29 is 4.79 Å². The van der Waals surface area contributed by atoms with Gasteiger partial charge in [0.25, 0.3) is 0 Å². The molecule has 2 aliphatic rings. The number of likely N-dealkylation sites (tertiary alicyclic amines) is 1. The van der Waals surface area contributed by atoms with Crippen LogP contribution in [0.1, 0.15) is 55.1 Å². The fourth-order valence-electron chi connectivity index (χ4n) is 4.55. The molecule has 0 bridgehead atoms. The number of amides is 1. The molecule has 1 saturated carbocycles. The summed E-state index contributed by atoms with van der Waals surface area (Å²) in [4.78, 5) is 26.5. The van der Waals surface area contributed by atoms with E-state index in [4.69, 9.17) is 4.98 Å². The van der Waals surface area contributed by atoms with Crippen molar-refractivity contribution in [3.63, 3.8) is 0 Å². The van der Waals surface area contributed by atoms with Gasteiger partial charge in [-0.05, 0) is 25.5 Å². The molecule has 0 unspecified atom stereocenters. The molecule has 1 aliphatic heterocycles. The van der Waals surface area contributed by atoms with Gasteiger partial charge in [0.15, 0.2) is 0 Å². The van der Waals surface area contributed by atoms with E-state index < -0.39 is 0 Å². The molecule has 1 saturated heterocycles. The molecule has 0 spiro atoms.